The second kappa shape index (κ2) is 4.68. The number of rotatable bonds is 2. The topological polar surface area (TPSA) is 63.8 Å². The molecule has 0 bridgehead atoms. The molecule has 0 aliphatic rings. The van der Waals surface area contributed by atoms with Gasteiger partial charge in [0.1, 0.15) is 10.6 Å². The van der Waals surface area contributed by atoms with Gasteiger partial charge in [-0.2, -0.15) is 4.98 Å². The van der Waals surface area contributed by atoms with Crippen molar-refractivity contribution in [2.45, 2.75) is 6.92 Å². The average Bonchev–Trinajstić information content (AvgIpc) is 2.72. The summed E-state index contributed by atoms with van der Waals surface area (Å²) in [4.78, 5) is 10.5. The number of halogens is 1. The van der Waals surface area contributed by atoms with Crippen LogP contribution in [0.1, 0.15) is 4.88 Å². The van der Waals surface area contributed by atoms with Crippen molar-refractivity contribution < 1.29 is 0 Å². The predicted molar refractivity (Wildman–Crippen MR) is 81.3 cm³/mol. The highest BCUT2D eigenvalue weighted by atomic mass is 35.5. The number of fused-ring (bicyclic) bond motifs is 1. The van der Waals surface area contributed by atoms with Gasteiger partial charge in [-0.1, -0.05) is 23.7 Å². The molecule has 0 aliphatic heterocycles. The van der Waals surface area contributed by atoms with Crippen LogP contribution in [0.2, 0.25) is 5.02 Å². The maximum Gasteiger partial charge on any atom is 0.223 e. The zero-order valence-electron chi connectivity index (χ0n) is 10.1. The first-order valence-corrected chi connectivity index (χ1v) is 6.88. The Labute approximate surface area is 119 Å². The zero-order valence-corrected chi connectivity index (χ0v) is 11.7. The van der Waals surface area contributed by atoms with E-state index in [0.29, 0.717) is 10.8 Å². The third-order valence-corrected chi connectivity index (χ3v) is 3.93. The molecule has 2 heterocycles. The zero-order chi connectivity index (χ0) is 13.4. The lowest BCUT2D eigenvalue weighted by atomic mass is 10.3. The van der Waals surface area contributed by atoms with E-state index in [1.54, 1.807) is 11.3 Å². The molecule has 3 N–H and O–H groups in total. The summed E-state index contributed by atoms with van der Waals surface area (Å²) in [5.41, 5.74) is 6.54. The number of nitrogens with one attached hydrogen (secondary N) is 1. The molecule has 0 atom stereocenters. The molecule has 3 aromatic rings. The van der Waals surface area contributed by atoms with Crippen LogP contribution in [-0.2, 0) is 0 Å². The number of nitrogens with zero attached hydrogens (tertiary/aromatic N) is 2. The highest BCUT2D eigenvalue weighted by molar-refractivity contribution is 7.18. The number of para-hydroxylation sites is 1. The number of thiophene rings is 1. The fourth-order valence-electron chi connectivity index (χ4n) is 1.84. The molecular weight excluding hydrogens is 280 g/mol. The largest absolute Gasteiger partial charge is 0.368 e. The molecule has 1 aromatic carbocycles. The minimum Gasteiger partial charge on any atom is -0.368 e. The van der Waals surface area contributed by atoms with Crippen LogP contribution in [0.25, 0.3) is 10.2 Å². The van der Waals surface area contributed by atoms with Crippen LogP contribution in [0.4, 0.5) is 17.5 Å². The second-order valence-corrected chi connectivity index (χ2v) is 5.75. The predicted octanol–water partition coefficient (Wildman–Crippen LogP) is 3.98. The van der Waals surface area contributed by atoms with E-state index in [4.69, 9.17) is 17.3 Å². The van der Waals surface area contributed by atoms with Gasteiger partial charge in [0.15, 0.2) is 0 Å². The van der Waals surface area contributed by atoms with Gasteiger partial charge in [-0.15, -0.1) is 11.3 Å². The molecule has 0 saturated carbocycles. The minimum absolute atomic E-state index is 0.254. The SMILES string of the molecule is Cc1cc2c(Nc3ccccc3Cl)nc(N)nc2s1. The van der Waals surface area contributed by atoms with Gasteiger partial charge in [0.2, 0.25) is 5.95 Å². The molecule has 0 amide bonds. The number of hydrogen-bond acceptors (Lipinski definition) is 5. The first-order valence-electron chi connectivity index (χ1n) is 5.69. The van der Waals surface area contributed by atoms with Crippen LogP contribution < -0.4 is 11.1 Å². The lowest BCUT2D eigenvalue weighted by molar-refractivity contribution is 1.24. The van der Waals surface area contributed by atoms with Crippen LogP contribution in [0.15, 0.2) is 30.3 Å². The summed E-state index contributed by atoms with van der Waals surface area (Å²) in [5, 5.41) is 4.81. The summed E-state index contributed by atoms with van der Waals surface area (Å²) in [6, 6.07) is 9.55. The van der Waals surface area contributed by atoms with Gasteiger partial charge in [-0.05, 0) is 25.1 Å². The Morgan fingerprint density at radius 1 is 1.26 bits per heavy atom. The van der Waals surface area contributed by atoms with E-state index < -0.39 is 0 Å². The summed E-state index contributed by atoms with van der Waals surface area (Å²) < 4.78 is 0. The van der Waals surface area contributed by atoms with Crippen molar-refractivity contribution >= 4 is 50.6 Å². The number of nitrogens with two attached hydrogens (primary N) is 1. The molecule has 6 heteroatoms. The number of nitrogen functional groups attached to an aromatic ring is 1. The third kappa shape index (κ3) is 2.34. The normalized spacial score (nSPS) is 10.8. The Kier molecular flexibility index (Phi) is 3.00. The van der Waals surface area contributed by atoms with Crippen molar-refractivity contribution in [3.63, 3.8) is 0 Å². The van der Waals surface area contributed by atoms with Crippen LogP contribution in [0, 0.1) is 6.92 Å². The van der Waals surface area contributed by atoms with Gasteiger partial charge in [-0.25, -0.2) is 4.98 Å². The van der Waals surface area contributed by atoms with Gasteiger partial charge in [0.05, 0.1) is 16.1 Å². The molecule has 4 nitrogen and oxygen atoms in total. The van der Waals surface area contributed by atoms with Crippen LogP contribution in [0.3, 0.4) is 0 Å². The van der Waals surface area contributed by atoms with E-state index in [1.165, 1.54) is 0 Å². The quantitative estimate of drug-likeness (QED) is 0.749. The van der Waals surface area contributed by atoms with Crippen molar-refractivity contribution in [3.05, 3.63) is 40.2 Å². The Morgan fingerprint density at radius 3 is 2.84 bits per heavy atom. The Bertz CT molecular complexity index is 753. The monoisotopic (exact) mass is 290 g/mol. The Hall–Kier alpha value is -1.85. The summed E-state index contributed by atoms with van der Waals surface area (Å²) >= 11 is 7.73. The summed E-state index contributed by atoms with van der Waals surface area (Å²) in [5.74, 6) is 0.934. The maximum atomic E-state index is 6.14. The maximum absolute atomic E-state index is 6.14. The molecule has 0 fully saturated rings. The standard InChI is InChI=1S/C13H11ClN4S/c1-7-6-8-11(17-13(15)18-12(8)19-7)16-10-5-3-2-4-9(10)14/h2-6H,1H3,(H3,15,16,17,18). The van der Waals surface area contributed by atoms with E-state index in [0.717, 1.165) is 20.8 Å². The lowest BCUT2D eigenvalue weighted by Crippen LogP contribution is -2.00. The average molecular weight is 291 g/mol. The molecule has 19 heavy (non-hydrogen) atoms. The van der Waals surface area contributed by atoms with Gasteiger partial charge in [0, 0.05) is 4.88 Å². The fraction of sp³-hybridized carbons (Fsp3) is 0.0769. The van der Waals surface area contributed by atoms with E-state index in [9.17, 15) is 0 Å². The molecule has 0 aliphatic carbocycles. The Balaban J connectivity index is 2.12. The summed E-state index contributed by atoms with van der Waals surface area (Å²) in [6.07, 6.45) is 0. The molecule has 96 valence electrons. The molecule has 3 rings (SSSR count). The van der Waals surface area contributed by atoms with Crippen LogP contribution >= 0.6 is 22.9 Å². The smallest absolute Gasteiger partial charge is 0.223 e. The molecule has 2 aromatic heterocycles. The number of aromatic nitrogens is 2. The molecule has 0 saturated heterocycles. The molecule has 0 radical (unpaired) electrons. The van der Waals surface area contributed by atoms with Crippen molar-refractivity contribution in [3.8, 4) is 0 Å². The second-order valence-electron chi connectivity index (χ2n) is 4.11. The van der Waals surface area contributed by atoms with Gasteiger partial charge in [-0.3, -0.25) is 0 Å². The van der Waals surface area contributed by atoms with Crippen molar-refractivity contribution in [1.29, 1.82) is 0 Å². The van der Waals surface area contributed by atoms with Crippen molar-refractivity contribution in [2.24, 2.45) is 0 Å². The van der Waals surface area contributed by atoms with Crippen molar-refractivity contribution in [1.82, 2.24) is 9.97 Å². The van der Waals surface area contributed by atoms with Crippen molar-refractivity contribution in [2.75, 3.05) is 11.1 Å². The molecule has 0 spiro atoms. The van der Waals surface area contributed by atoms with Gasteiger partial charge in [0.25, 0.3) is 0 Å². The van der Waals surface area contributed by atoms with E-state index in [1.807, 2.05) is 37.3 Å². The van der Waals surface area contributed by atoms with E-state index in [2.05, 4.69) is 15.3 Å². The van der Waals surface area contributed by atoms with Crippen LogP contribution in [-0.4, -0.2) is 9.97 Å². The Morgan fingerprint density at radius 2 is 2.05 bits per heavy atom. The van der Waals surface area contributed by atoms with Gasteiger partial charge < -0.3 is 11.1 Å². The summed E-state index contributed by atoms with van der Waals surface area (Å²) in [6.45, 7) is 2.03. The first kappa shape index (κ1) is 12.2. The first-order chi connectivity index (χ1) is 9.13. The number of hydrogen-bond donors (Lipinski definition) is 2. The van der Waals surface area contributed by atoms with E-state index >= 15 is 0 Å². The van der Waals surface area contributed by atoms with E-state index in [-0.39, 0.29) is 5.95 Å². The lowest BCUT2D eigenvalue weighted by Gasteiger charge is -2.08. The minimum atomic E-state index is 0.254. The highest BCUT2D eigenvalue weighted by Crippen LogP contribution is 2.32. The highest BCUT2D eigenvalue weighted by Gasteiger charge is 2.10. The third-order valence-electron chi connectivity index (χ3n) is 2.66. The fourth-order valence-corrected chi connectivity index (χ4v) is 2.91. The van der Waals surface area contributed by atoms with Gasteiger partial charge >= 0.3 is 0 Å². The number of benzene rings is 1. The number of anilines is 3. The summed E-state index contributed by atoms with van der Waals surface area (Å²) in [7, 11) is 0. The number of aryl methyl sites for hydroxylation is 1. The molecule has 0 unspecified atom stereocenters. The van der Waals surface area contributed by atoms with Crippen LogP contribution in [0.5, 0.6) is 0 Å². The molecular formula is C13H11ClN4S.